The third-order valence-electron chi connectivity index (χ3n) is 2.82. The summed E-state index contributed by atoms with van der Waals surface area (Å²) in [5, 5.41) is 7.65. The summed E-state index contributed by atoms with van der Waals surface area (Å²) in [6, 6.07) is 10.7. The number of hydrogen-bond donors (Lipinski definition) is 1. The fourth-order valence-corrected chi connectivity index (χ4v) is 1.94. The van der Waals surface area contributed by atoms with E-state index in [9.17, 15) is 0 Å². The summed E-state index contributed by atoms with van der Waals surface area (Å²) in [5.41, 5.74) is 3.74. The Morgan fingerprint density at radius 2 is 2.12 bits per heavy atom. The normalized spacial score (nSPS) is 10.7. The molecule has 90 valence electrons. The van der Waals surface area contributed by atoms with Gasteiger partial charge in [0.1, 0.15) is 0 Å². The molecule has 0 saturated heterocycles. The lowest BCUT2D eigenvalue weighted by atomic mass is 10.1. The minimum absolute atomic E-state index is 0.903. The number of nitrogens with zero attached hydrogens (tertiary/aromatic N) is 2. The number of aromatic nitrogens is 2. The zero-order chi connectivity index (χ0) is 12.1. The lowest BCUT2D eigenvalue weighted by molar-refractivity contribution is 0.667. The fourth-order valence-electron chi connectivity index (χ4n) is 1.94. The molecule has 1 aromatic carbocycles. The molecule has 0 spiro atoms. The Bertz CT molecular complexity index is 474. The van der Waals surface area contributed by atoms with Gasteiger partial charge >= 0.3 is 0 Å². The molecule has 0 radical (unpaired) electrons. The zero-order valence-electron chi connectivity index (χ0n) is 10.5. The van der Waals surface area contributed by atoms with Gasteiger partial charge in [0.15, 0.2) is 0 Å². The van der Waals surface area contributed by atoms with E-state index in [1.54, 1.807) is 0 Å². The predicted octanol–water partition coefficient (Wildman–Crippen LogP) is 2.68. The van der Waals surface area contributed by atoms with Crippen molar-refractivity contribution in [3.05, 3.63) is 42.1 Å². The highest BCUT2D eigenvalue weighted by molar-refractivity contribution is 5.60. The van der Waals surface area contributed by atoms with Gasteiger partial charge in [-0.1, -0.05) is 25.1 Å². The number of aryl methyl sites for hydroxylation is 1. The molecule has 0 amide bonds. The van der Waals surface area contributed by atoms with E-state index >= 15 is 0 Å². The Morgan fingerprint density at radius 1 is 1.24 bits per heavy atom. The van der Waals surface area contributed by atoms with Crippen molar-refractivity contribution in [1.29, 1.82) is 0 Å². The van der Waals surface area contributed by atoms with Crippen LogP contribution in [0.5, 0.6) is 0 Å². The molecule has 2 rings (SSSR count). The van der Waals surface area contributed by atoms with Crippen LogP contribution < -0.4 is 5.32 Å². The first-order valence-corrected chi connectivity index (χ1v) is 6.17. The third kappa shape index (κ3) is 2.74. The first-order chi connectivity index (χ1) is 8.35. The Balaban J connectivity index is 2.26. The number of rotatable bonds is 5. The van der Waals surface area contributed by atoms with Gasteiger partial charge < -0.3 is 5.32 Å². The van der Waals surface area contributed by atoms with Crippen LogP contribution in [0, 0.1) is 0 Å². The van der Waals surface area contributed by atoms with Crippen LogP contribution in [0.3, 0.4) is 0 Å². The molecule has 0 aliphatic heterocycles. The SMILES string of the molecule is CCNCc1cccc(-c2ccnn2CC)c1. The van der Waals surface area contributed by atoms with Crippen molar-refractivity contribution >= 4 is 0 Å². The molecule has 0 fully saturated rings. The molecule has 17 heavy (non-hydrogen) atoms. The van der Waals surface area contributed by atoms with Gasteiger partial charge in [0.05, 0.1) is 5.69 Å². The fraction of sp³-hybridized carbons (Fsp3) is 0.357. The number of benzene rings is 1. The summed E-state index contributed by atoms with van der Waals surface area (Å²) in [4.78, 5) is 0. The van der Waals surface area contributed by atoms with Crippen LogP contribution in [0.1, 0.15) is 19.4 Å². The molecule has 2 aromatic rings. The average molecular weight is 229 g/mol. The monoisotopic (exact) mass is 229 g/mol. The highest BCUT2D eigenvalue weighted by Gasteiger charge is 2.04. The first-order valence-electron chi connectivity index (χ1n) is 6.17. The lowest BCUT2D eigenvalue weighted by Crippen LogP contribution is -2.11. The van der Waals surface area contributed by atoms with E-state index < -0.39 is 0 Å². The molecule has 1 N–H and O–H groups in total. The second-order valence-corrected chi connectivity index (χ2v) is 4.01. The Morgan fingerprint density at radius 3 is 2.88 bits per heavy atom. The van der Waals surface area contributed by atoms with Crippen molar-refractivity contribution in [1.82, 2.24) is 15.1 Å². The van der Waals surface area contributed by atoms with E-state index in [4.69, 9.17) is 0 Å². The van der Waals surface area contributed by atoms with E-state index in [1.165, 1.54) is 16.8 Å². The first kappa shape index (κ1) is 11.9. The van der Waals surface area contributed by atoms with E-state index in [2.05, 4.69) is 54.6 Å². The van der Waals surface area contributed by atoms with Gasteiger partial charge in [-0.2, -0.15) is 5.10 Å². The molecule has 3 nitrogen and oxygen atoms in total. The van der Waals surface area contributed by atoms with Gasteiger partial charge in [0.2, 0.25) is 0 Å². The van der Waals surface area contributed by atoms with Crippen molar-refractivity contribution in [2.75, 3.05) is 6.54 Å². The standard InChI is InChI=1S/C14H19N3/c1-3-15-11-12-6-5-7-13(10-12)14-8-9-16-17(14)4-2/h5-10,15H,3-4,11H2,1-2H3. The molecule has 0 saturated carbocycles. The highest BCUT2D eigenvalue weighted by atomic mass is 15.3. The second-order valence-electron chi connectivity index (χ2n) is 4.01. The Kier molecular flexibility index (Phi) is 3.94. The van der Waals surface area contributed by atoms with Gasteiger partial charge in [-0.15, -0.1) is 0 Å². The van der Waals surface area contributed by atoms with E-state index in [0.29, 0.717) is 0 Å². The minimum atomic E-state index is 0.903. The van der Waals surface area contributed by atoms with Gasteiger partial charge in [-0.25, -0.2) is 0 Å². The van der Waals surface area contributed by atoms with Gasteiger partial charge in [-0.3, -0.25) is 4.68 Å². The van der Waals surface area contributed by atoms with Crippen LogP contribution in [0.2, 0.25) is 0 Å². The molecular formula is C14H19N3. The molecule has 0 aliphatic rings. The quantitative estimate of drug-likeness (QED) is 0.854. The number of nitrogens with one attached hydrogen (secondary N) is 1. The topological polar surface area (TPSA) is 29.9 Å². The van der Waals surface area contributed by atoms with E-state index in [-0.39, 0.29) is 0 Å². The van der Waals surface area contributed by atoms with E-state index in [0.717, 1.165) is 19.6 Å². The van der Waals surface area contributed by atoms with Crippen molar-refractivity contribution in [2.24, 2.45) is 0 Å². The molecule has 1 aromatic heterocycles. The summed E-state index contributed by atoms with van der Waals surface area (Å²) in [5.74, 6) is 0. The zero-order valence-corrected chi connectivity index (χ0v) is 10.5. The van der Waals surface area contributed by atoms with Crippen LogP contribution in [-0.4, -0.2) is 16.3 Å². The molecule has 3 heteroatoms. The number of hydrogen-bond acceptors (Lipinski definition) is 2. The smallest absolute Gasteiger partial charge is 0.0682 e. The molecule has 1 heterocycles. The largest absolute Gasteiger partial charge is 0.313 e. The van der Waals surface area contributed by atoms with Crippen LogP contribution in [-0.2, 0) is 13.1 Å². The maximum atomic E-state index is 4.30. The maximum absolute atomic E-state index is 4.30. The summed E-state index contributed by atoms with van der Waals surface area (Å²) in [7, 11) is 0. The third-order valence-corrected chi connectivity index (χ3v) is 2.82. The Labute approximate surface area is 102 Å². The van der Waals surface area contributed by atoms with E-state index in [1.807, 2.05) is 10.9 Å². The predicted molar refractivity (Wildman–Crippen MR) is 70.7 cm³/mol. The highest BCUT2D eigenvalue weighted by Crippen LogP contribution is 2.20. The van der Waals surface area contributed by atoms with Crippen molar-refractivity contribution < 1.29 is 0 Å². The van der Waals surface area contributed by atoms with Crippen molar-refractivity contribution in [3.63, 3.8) is 0 Å². The molecule has 0 unspecified atom stereocenters. The average Bonchev–Trinajstić information content (AvgIpc) is 2.85. The van der Waals surface area contributed by atoms with Crippen LogP contribution in [0.15, 0.2) is 36.5 Å². The maximum Gasteiger partial charge on any atom is 0.0682 e. The Hall–Kier alpha value is -1.61. The lowest BCUT2D eigenvalue weighted by Gasteiger charge is -2.07. The van der Waals surface area contributed by atoms with Gasteiger partial charge in [0, 0.05) is 24.8 Å². The van der Waals surface area contributed by atoms with Crippen LogP contribution >= 0.6 is 0 Å². The molecular weight excluding hydrogens is 210 g/mol. The second kappa shape index (κ2) is 5.64. The van der Waals surface area contributed by atoms with Crippen molar-refractivity contribution in [3.8, 4) is 11.3 Å². The minimum Gasteiger partial charge on any atom is -0.313 e. The van der Waals surface area contributed by atoms with Gasteiger partial charge in [-0.05, 0) is 31.2 Å². The van der Waals surface area contributed by atoms with Gasteiger partial charge in [0.25, 0.3) is 0 Å². The summed E-state index contributed by atoms with van der Waals surface area (Å²) in [6.45, 7) is 7.05. The molecule has 0 bridgehead atoms. The van der Waals surface area contributed by atoms with Crippen LogP contribution in [0.4, 0.5) is 0 Å². The summed E-state index contributed by atoms with van der Waals surface area (Å²) < 4.78 is 2.02. The summed E-state index contributed by atoms with van der Waals surface area (Å²) in [6.07, 6.45) is 1.86. The summed E-state index contributed by atoms with van der Waals surface area (Å²) >= 11 is 0. The molecule has 0 atom stereocenters. The van der Waals surface area contributed by atoms with Crippen LogP contribution in [0.25, 0.3) is 11.3 Å². The molecule has 0 aliphatic carbocycles. The van der Waals surface area contributed by atoms with Crippen molar-refractivity contribution in [2.45, 2.75) is 26.9 Å².